The number of aliphatic hydroxyl groups is 2. The maximum atomic E-state index is 13.2. The largest absolute Gasteiger partial charge is 0.472 e. The first-order valence-corrected chi connectivity index (χ1v) is 15.9. The zero-order valence-electron chi connectivity index (χ0n) is 22.4. The van der Waals surface area contributed by atoms with Gasteiger partial charge in [0.05, 0.1) is 25.9 Å². The van der Waals surface area contributed by atoms with Crippen molar-refractivity contribution in [3.8, 4) is 0 Å². The molecule has 3 aliphatic rings. The minimum atomic E-state index is -5.11. The van der Waals surface area contributed by atoms with Gasteiger partial charge in [-0.15, -0.1) is 0 Å². The highest BCUT2D eigenvalue weighted by atomic mass is 31.2. The number of aliphatic hydroxyl groups excluding tert-OH is 2. The van der Waals surface area contributed by atoms with Crippen LogP contribution in [0.1, 0.15) is 12.5 Å². The lowest BCUT2D eigenvalue weighted by Crippen LogP contribution is -2.36. The van der Waals surface area contributed by atoms with Gasteiger partial charge in [-0.3, -0.25) is 37.0 Å². The monoisotopic (exact) mass is 674 g/mol. The van der Waals surface area contributed by atoms with E-state index in [-0.39, 0.29) is 34.1 Å². The number of H-pyrrole nitrogens is 1. The Balaban J connectivity index is 1.21. The van der Waals surface area contributed by atoms with Gasteiger partial charge in [-0.05, 0) is 0 Å². The van der Waals surface area contributed by atoms with Crippen LogP contribution in [0, 0.1) is 0 Å². The molecule has 9 N–H and O–H groups in total. The van der Waals surface area contributed by atoms with E-state index in [1.807, 2.05) is 0 Å². The number of imidazole rings is 2. The van der Waals surface area contributed by atoms with Crippen LogP contribution in [0.2, 0.25) is 0 Å². The van der Waals surface area contributed by atoms with Crippen molar-refractivity contribution in [2.45, 2.75) is 49.1 Å². The highest BCUT2D eigenvalue weighted by molar-refractivity contribution is 7.47. The van der Waals surface area contributed by atoms with Crippen LogP contribution in [-0.4, -0.2) is 109 Å². The van der Waals surface area contributed by atoms with Gasteiger partial charge in [0.25, 0.3) is 5.56 Å². The van der Waals surface area contributed by atoms with Crippen molar-refractivity contribution in [3.63, 3.8) is 0 Å². The Morgan fingerprint density at radius 2 is 1.44 bits per heavy atom. The SMILES string of the molecule is Nc1nc2c(ncn2[C@@H]2O[C@@H]3COP(=O)(O)O[C@@H]4[C@@H](O)[C@H](n5cnc6c(N)ncnc65)O[C@@H]4COP(=O)(O)O[C@@H]2[C@@H]3O)c(=O)[nH]1. The number of hydrogen-bond donors (Lipinski definition) is 7. The van der Waals surface area contributed by atoms with Gasteiger partial charge >= 0.3 is 15.6 Å². The summed E-state index contributed by atoms with van der Waals surface area (Å²) in [4.78, 5) is 55.8. The molecule has 0 amide bonds. The zero-order chi connectivity index (χ0) is 31.8. The molecule has 7 heterocycles. The van der Waals surface area contributed by atoms with Crippen LogP contribution < -0.4 is 17.0 Å². The number of nitrogens with zero attached hydrogens (tertiary/aromatic N) is 7. The summed E-state index contributed by atoms with van der Waals surface area (Å²) >= 11 is 0. The predicted molar refractivity (Wildman–Crippen MR) is 143 cm³/mol. The maximum Gasteiger partial charge on any atom is 0.472 e. The molecule has 2 bridgehead atoms. The molecule has 25 heteroatoms. The smallest absolute Gasteiger partial charge is 0.387 e. The van der Waals surface area contributed by atoms with Gasteiger partial charge in [-0.2, -0.15) is 4.98 Å². The Kier molecular flexibility index (Phi) is 7.27. The molecule has 0 saturated carbocycles. The number of ether oxygens (including phenoxy) is 2. The van der Waals surface area contributed by atoms with E-state index < -0.39 is 83.5 Å². The van der Waals surface area contributed by atoms with Gasteiger partial charge in [0, 0.05) is 0 Å². The molecular formula is C20H24N10O13P2. The second kappa shape index (κ2) is 10.8. The zero-order valence-corrected chi connectivity index (χ0v) is 24.2. The van der Waals surface area contributed by atoms with Crippen LogP contribution in [0.4, 0.5) is 11.8 Å². The summed E-state index contributed by atoms with van der Waals surface area (Å²) in [5.41, 5.74) is 10.8. The molecule has 0 aliphatic carbocycles. The second-order valence-corrected chi connectivity index (χ2v) is 13.0. The number of rotatable bonds is 2. The number of aromatic nitrogens is 8. The summed E-state index contributed by atoms with van der Waals surface area (Å²) in [5.74, 6) is -0.250. The average molecular weight is 674 g/mol. The molecule has 3 aliphatic heterocycles. The van der Waals surface area contributed by atoms with Crippen LogP contribution in [0.15, 0.2) is 23.8 Å². The summed E-state index contributed by atoms with van der Waals surface area (Å²) in [7, 11) is -10.2. The number of phosphoric acid groups is 2. The molecule has 7 rings (SSSR count). The molecule has 0 aromatic carbocycles. The molecule has 45 heavy (non-hydrogen) atoms. The van der Waals surface area contributed by atoms with Crippen LogP contribution in [-0.2, 0) is 36.7 Å². The normalized spacial score (nSPS) is 37.7. The third-order valence-corrected chi connectivity index (χ3v) is 9.29. The number of aromatic amines is 1. The summed E-state index contributed by atoms with van der Waals surface area (Å²) < 4.78 is 61.0. The van der Waals surface area contributed by atoms with Gasteiger partial charge < -0.3 is 40.9 Å². The van der Waals surface area contributed by atoms with Crippen molar-refractivity contribution in [2.24, 2.45) is 0 Å². The molecule has 23 nitrogen and oxygen atoms in total. The van der Waals surface area contributed by atoms with E-state index in [0.717, 1.165) is 17.2 Å². The Morgan fingerprint density at radius 3 is 2.18 bits per heavy atom. The number of fused-ring (bicyclic) bond motifs is 5. The molecular weight excluding hydrogens is 650 g/mol. The van der Waals surface area contributed by atoms with Crippen molar-refractivity contribution in [3.05, 3.63) is 29.3 Å². The number of nitrogens with one attached hydrogen (secondary N) is 1. The lowest BCUT2D eigenvalue weighted by atomic mass is 10.1. The third kappa shape index (κ3) is 5.31. The Bertz CT molecular complexity index is 1940. The van der Waals surface area contributed by atoms with Crippen LogP contribution >= 0.6 is 15.6 Å². The van der Waals surface area contributed by atoms with Crippen LogP contribution in [0.3, 0.4) is 0 Å². The quantitative estimate of drug-likeness (QED) is 0.109. The molecule has 242 valence electrons. The standard InChI is InChI=1S/C20H24N10O13P2/c21-14-8-15(24-3-23-14)29(4-25-8)18-11(32)12-7(41-18)2-39-45(36,37)43-13-10(31)6(1-38-44(34,35)42-12)40-19(13)30-5-26-9-16(30)27-20(22)28-17(9)33/h3-7,10-13,18-19,31-32H,1-2H2,(H,34,35)(H,36,37)(H2,21,23,24)(H3,22,27,28,33)/t6-,7-,10-,11-,12+,13-,18-,19-/m1/s1. The molecule has 10 atom stereocenters. The van der Waals surface area contributed by atoms with E-state index in [1.165, 1.54) is 10.9 Å². The van der Waals surface area contributed by atoms with E-state index in [2.05, 4.69) is 29.9 Å². The summed E-state index contributed by atoms with van der Waals surface area (Å²) in [6.45, 7) is -1.65. The first-order valence-electron chi connectivity index (χ1n) is 13.0. The number of hydrogen-bond acceptors (Lipinski definition) is 18. The fourth-order valence-corrected chi connectivity index (χ4v) is 7.19. The highest BCUT2D eigenvalue weighted by Crippen LogP contribution is 2.53. The topological polar surface area (TPSA) is 330 Å². The fraction of sp³-hybridized carbons (Fsp3) is 0.500. The summed E-state index contributed by atoms with van der Waals surface area (Å²) in [6.07, 6.45) is -9.21. The number of phosphoric ester groups is 2. The molecule has 2 unspecified atom stereocenters. The van der Waals surface area contributed by atoms with E-state index in [9.17, 15) is 33.9 Å². The van der Waals surface area contributed by atoms with Gasteiger partial charge in [0.15, 0.2) is 35.1 Å². The lowest BCUT2D eigenvalue weighted by molar-refractivity contribution is -0.0672. The Labute approximate surface area is 248 Å². The Morgan fingerprint density at radius 1 is 0.822 bits per heavy atom. The van der Waals surface area contributed by atoms with Gasteiger partial charge in [-0.25, -0.2) is 29.1 Å². The van der Waals surface area contributed by atoms with Crippen molar-refractivity contribution in [2.75, 3.05) is 24.7 Å². The second-order valence-electron chi connectivity index (χ2n) is 10.1. The predicted octanol–water partition coefficient (Wildman–Crippen LogP) is -2.34. The average Bonchev–Trinajstić information content (AvgIpc) is 3.72. The molecule has 4 aromatic heterocycles. The van der Waals surface area contributed by atoms with E-state index in [0.29, 0.717) is 0 Å². The van der Waals surface area contributed by atoms with Crippen molar-refractivity contribution >= 4 is 49.7 Å². The van der Waals surface area contributed by atoms with E-state index in [4.69, 9.17) is 39.0 Å². The first-order chi connectivity index (χ1) is 21.3. The van der Waals surface area contributed by atoms with Gasteiger partial charge in [-0.1, -0.05) is 0 Å². The van der Waals surface area contributed by atoms with Gasteiger partial charge in [0.2, 0.25) is 5.95 Å². The molecule has 3 fully saturated rings. The summed E-state index contributed by atoms with van der Waals surface area (Å²) in [5, 5.41) is 22.1. The fourth-order valence-electron chi connectivity index (χ4n) is 5.30. The molecule has 4 aromatic rings. The molecule has 0 radical (unpaired) electrons. The van der Waals surface area contributed by atoms with Crippen molar-refractivity contribution in [1.29, 1.82) is 0 Å². The van der Waals surface area contributed by atoms with Crippen LogP contribution in [0.5, 0.6) is 0 Å². The molecule has 3 saturated heterocycles. The Hall–Kier alpha value is -3.44. The van der Waals surface area contributed by atoms with E-state index in [1.54, 1.807) is 0 Å². The highest BCUT2D eigenvalue weighted by Gasteiger charge is 2.54. The molecule has 0 spiro atoms. The lowest BCUT2D eigenvalue weighted by Gasteiger charge is -2.25. The van der Waals surface area contributed by atoms with E-state index >= 15 is 0 Å². The third-order valence-electron chi connectivity index (χ3n) is 7.32. The number of nitrogen functional groups attached to an aromatic ring is 2. The first kappa shape index (κ1) is 30.2. The minimum absolute atomic E-state index is 0.0343. The van der Waals surface area contributed by atoms with Crippen LogP contribution in [0.25, 0.3) is 22.3 Å². The number of anilines is 2. The minimum Gasteiger partial charge on any atom is -0.387 e. The maximum absolute atomic E-state index is 13.2. The van der Waals surface area contributed by atoms with Crippen molar-refractivity contribution < 1.29 is 56.7 Å². The summed E-state index contributed by atoms with van der Waals surface area (Å²) in [6, 6.07) is 0. The van der Waals surface area contributed by atoms with Crippen molar-refractivity contribution in [1.82, 2.24) is 39.0 Å². The van der Waals surface area contributed by atoms with Gasteiger partial charge in [0.1, 0.15) is 48.5 Å². The number of nitrogens with two attached hydrogens (primary N) is 2.